The fraction of sp³-hybridized carbons (Fsp3) is 0.278. The van der Waals surface area contributed by atoms with Crippen LogP contribution in [0.25, 0.3) is 43.6 Å². The van der Waals surface area contributed by atoms with E-state index >= 15 is 0 Å². The minimum absolute atomic E-state index is 0.0257. The third kappa shape index (κ3) is 3.14. The Kier molecular flexibility index (Phi) is 5.24. The van der Waals surface area contributed by atoms with Gasteiger partial charge in [0.25, 0.3) is 11.8 Å². The second kappa shape index (κ2) is 8.94. The minimum atomic E-state index is -0.964. The second-order valence-corrected chi connectivity index (χ2v) is 12.5. The van der Waals surface area contributed by atoms with Crippen LogP contribution < -0.4 is 5.32 Å². The predicted molar refractivity (Wildman–Crippen MR) is 170 cm³/mol. The monoisotopic (exact) mass is 584 g/mol. The number of ether oxygens (including phenoxy) is 2. The van der Waals surface area contributed by atoms with Crippen molar-refractivity contribution in [3.63, 3.8) is 0 Å². The van der Waals surface area contributed by atoms with Crippen LogP contribution in [0.5, 0.6) is 0 Å². The molecule has 4 atom stereocenters. The van der Waals surface area contributed by atoms with Gasteiger partial charge in [-0.1, -0.05) is 54.6 Å². The second-order valence-electron chi connectivity index (χ2n) is 12.5. The smallest absolute Gasteiger partial charge is 0.253 e. The number of amides is 2. The quantitative estimate of drug-likeness (QED) is 0.286. The molecule has 2 bridgehead atoms. The first kappa shape index (κ1) is 25.8. The normalized spacial score (nSPS) is 24.2. The number of aromatic nitrogens is 2. The lowest BCUT2D eigenvalue weighted by molar-refractivity contribution is -0.251. The number of para-hydroxylation sites is 2. The summed E-state index contributed by atoms with van der Waals surface area (Å²) in [6.07, 6.45) is -0.109. The zero-order valence-corrected chi connectivity index (χ0v) is 24.8. The Hall–Kier alpha value is -4.66. The first-order valence-corrected chi connectivity index (χ1v) is 15.2. The van der Waals surface area contributed by atoms with Crippen LogP contribution in [0.4, 0.5) is 0 Å². The zero-order valence-electron chi connectivity index (χ0n) is 24.8. The van der Waals surface area contributed by atoms with Crippen LogP contribution in [-0.2, 0) is 28.3 Å². The van der Waals surface area contributed by atoms with E-state index in [1.807, 2.05) is 54.4 Å². The van der Waals surface area contributed by atoms with Crippen molar-refractivity contribution < 1.29 is 19.1 Å². The summed E-state index contributed by atoms with van der Waals surface area (Å²) in [4.78, 5) is 29.2. The van der Waals surface area contributed by atoms with Crippen molar-refractivity contribution in [2.45, 2.75) is 50.4 Å². The zero-order chi connectivity index (χ0) is 29.9. The van der Waals surface area contributed by atoms with E-state index in [0.717, 1.165) is 54.7 Å². The third-order valence-corrected chi connectivity index (χ3v) is 10.3. The molecule has 1 unspecified atom stereocenters. The van der Waals surface area contributed by atoms with Gasteiger partial charge in [0.05, 0.1) is 34.3 Å². The average Bonchev–Trinajstić information content (AvgIpc) is 3.70. The van der Waals surface area contributed by atoms with Gasteiger partial charge in [0.1, 0.15) is 6.10 Å². The Morgan fingerprint density at radius 2 is 1.64 bits per heavy atom. The molecule has 8 nitrogen and oxygen atoms in total. The van der Waals surface area contributed by atoms with E-state index in [1.54, 1.807) is 7.11 Å². The van der Waals surface area contributed by atoms with E-state index in [-0.39, 0.29) is 24.0 Å². The Morgan fingerprint density at radius 3 is 2.39 bits per heavy atom. The molecule has 4 aromatic carbocycles. The van der Waals surface area contributed by atoms with Crippen molar-refractivity contribution in [2.75, 3.05) is 14.2 Å². The van der Waals surface area contributed by atoms with Crippen molar-refractivity contribution in [2.24, 2.45) is 0 Å². The highest BCUT2D eigenvalue weighted by molar-refractivity contribution is 6.30. The number of carbonyl (C=O) groups excluding carboxylic acids is 2. The lowest BCUT2D eigenvalue weighted by atomic mass is 9.88. The van der Waals surface area contributed by atoms with Gasteiger partial charge in [-0.3, -0.25) is 9.59 Å². The van der Waals surface area contributed by atoms with Crippen molar-refractivity contribution in [3.05, 3.63) is 95.6 Å². The summed E-state index contributed by atoms with van der Waals surface area (Å²) < 4.78 is 18.2. The number of fused-ring (bicyclic) bond motifs is 12. The summed E-state index contributed by atoms with van der Waals surface area (Å²) in [5.74, 6) is -0.0703. The molecule has 0 radical (unpaired) electrons. The fourth-order valence-corrected chi connectivity index (χ4v) is 8.55. The van der Waals surface area contributed by atoms with Crippen LogP contribution in [-0.4, -0.2) is 58.3 Å². The maximum atomic E-state index is 13.9. The van der Waals surface area contributed by atoms with Gasteiger partial charge >= 0.3 is 0 Å². The highest BCUT2D eigenvalue weighted by atomic mass is 16.6. The molecule has 0 saturated carbocycles. The van der Waals surface area contributed by atoms with Crippen molar-refractivity contribution in [3.8, 4) is 0 Å². The number of nitrogens with one attached hydrogen (secondary N) is 1. The minimum Gasteiger partial charge on any atom is -0.374 e. The van der Waals surface area contributed by atoms with Crippen LogP contribution in [0.1, 0.15) is 39.6 Å². The number of nitrogens with zero attached hydrogens (tertiary/aromatic N) is 3. The van der Waals surface area contributed by atoms with E-state index in [1.165, 1.54) is 0 Å². The predicted octanol–water partition coefficient (Wildman–Crippen LogP) is 5.78. The van der Waals surface area contributed by atoms with Gasteiger partial charge in [-0.05, 0) is 43.2 Å². The largest absolute Gasteiger partial charge is 0.374 e. The van der Waals surface area contributed by atoms with Gasteiger partial charge < -0.3 is 28.8 Å². The summed E-state index contributed by atoms with van der Waals surface area (Å²) in [6, 6.07) is 25.9. The van der Waals surface area contributed by atoms with E-state index in [0.29, 0.717) is 25.1 Å². The molecule has 2 amide bonds. The standard InChI is InChI=1S/C36H32N4O4/c1-36-33(43-3)27(38(2)35(42)20-11-5-4-6-12-20)17-21(44-36)19-39-25-15-9-7-13-22(25)29-30-24(18-37-34(30)41)28-23-14-8-10-16-26(23)40(36)32(28)31(29)39/h4-16,21,27,33H,17-19H2,1-3H3,(H,37,41)/t21?,27-,33-,36+/m1/s1. The molecule has 1 fully saturated rings. The molecule has 1 N–H and O–H groups in total. The number of rotatable bonds is 3. The Morgan fingerprint density at radius 1 is 0.955 bits per heavy atom. The highest BCUT2D eigenvalue weighted by Gasteiger charge is 2.53. The Balaban J connectivity index is 1.40. The number of methoxy groups -OCH3 is 1. The van der Waals surface area contributed by atoms with Gasteiger partial charge in [0.15, 0.2) is 5.72 Å². The van der Waals surface area contributed by atoms with E-state index < -0.39 is 11.8 Å². The highest BCUT2D eigenvalue weighted by Crippen LogP contribution is 2.51. The fourth-order valence-electron chi connectivity index (χ4n) is 8.55. The average molecular weight is 585 g/mol. The van der Waals surface area contributed by atoms with Crippen molar-refractivity contribution in [1.82, 2.24) is 19.4 Å². The summed E-state index contributed by atoms with van der Waals surface area (Å²) in [7, 11) is 3.60. The molecular formula is C36H32N4O4. The lowest BCUT2D eigenvalue weighted by Crippen LogP contribution is -2.63. The van der Waals surface area contributed by atoms with Crippen LogP contribution in [0.3, 0.4) is 0 Å². The summed E-state index contributed by atoms with van der Waals surface area (Å²) >= 11 is 0. The van der Waals surface area contributed by atoms with Gasteiger partial charge in [-0.25, -0.2) is 0 Å². The molecule has 1 saturated heterocycles. The Bertz CT molecular complexity index is 2200. The SMILES string of the molecule is CO[C@@H]1[C@H](N(C)C(=O)c2ccccc2)CC2Cn3c4ccccc4c4c5c(c6c7ccccc7n(c6c43)[C@@]1(C)O2)CNC5=O. The first-order valence-electron chi connectivity index (χ1n) is 15.2. The van der Waals surface area contributed by atoms with Crippen LogP contribution in [0.15, 0.2) is 78.9 Å². The van der Waals surface area contributed by atoms with Crippen molar-refractivity contribution in [1.29, 1.82) is 0 Å². The van der Waals surface area contributed by atoms with Crippen LogP contribution in [0, 0.1) is 0 Å². The lowest BCUT2D eigenvalue weighted by Gasteiger charge is -2.52. The molecule has 6 aromatic rings. The van der Waals surface area contributed by atoms with E-state index in [4.69, 9.17) is 9.47 Å². The molecular weight excluding hydrogens is 552 g/mol. The summed E-state index contributed by atoms with van der Waals surface area (Å²) in [5.41, 5.74) is 5.64. The van der Waals surface area contributed by atoms with E-state index in [9.17, 15) is 9.59 Å². The molecule has 44 heavy (non-hydrogen) atoms. The molecule has 0 aliphatic carbocycles. The van der Waals surface area contributed by atoms with Crippen LogP contribution in [0.2, 0.25) is 0 Å². The molecule has 9 rings (SSSR count). The van der Waals surface area contributed by atoms with Gasteiger partial charge in [-0.2, -0.15) is 0 Å². The van der Waals surface area contributed by atoms with Crippen molar-refractivity contribution >= 4 is 55.4 Å². The van der Waals surface area contributed by atoms with Gasteiger partial charge in [0, 0.05) is 59.9 Å². The number of hydrogen-bond acceptors (Lipinski definition) is 4. The topological polar surface area (TPSA) is 77.7 Å². The molecule has 3 aliphatic heterocycles. The molecule has 2 aromatic heterocycles. The number of benzene rings is 4. The van der Waals surface area contributed by atoms with Gasteiger partial charge in [0.2, 0.25) is 0 Å². The maximum absolute atomic E-state index is 13.9. The first-order chi connectivity index (χ1) is 21.4. The maximum Gasteiger partial charge on any atom is 0.253 e. The van der Waals surface area contributed by atoms with Crippen LogP contribution >= 0.6 is 0 Å². The van der Waals surface area contributed by atoms with E-state index in [2.05, 4.69) is 57.8 Å². The third-order valence-electron chi connectivity index (χ3n) is 10.3. The summed E-state index contributed by atoms with van der Waals surface area (Å²) in [6.45, 7) is 3.16. The number of carbonyl (C=O) groups is 2. The molecule has 0 spiro atoms. The molecule has 3 aliphatic rings. The molecule has 5 heterocycles. The summed E-state index contributed by atoms with van der Waals surface area (Å²) in [5, 5.41) is 7.33. The molecule has 8 heteroatoms. The number of likely N-dealkylation sites (N-methyl/N-ethyl adjacent to an activating group) is 1. The Labute approximate surface area is 253 Å². The number of hydrogen-bond donors (Lipinski definition) is 1. The van der Waals surface area contributed by atoms with Gasteiger partial charge in [-0.15, -0.1) is 0 Å². The molecule has 220 valence electrons.